The predicted octanol–water partition coefficient (Wildman–Crippen LogP) is 3.36. The average Bonchev–Trinajstić information content (AvgIpc) is 2.48. The van der Waals surface area contributed by atoms with Crippen LogP contribution < -0.4 is 5.32 Å². The molecule has 1 heterocycles. The Morgan fingerprint density at radius 3 is 2.95 bits per heavy atom. The standard InChI is InChI=1S/C16H23BrN2O/c1-3-10-19(13-6-5-9-18-11-13)16(20)14-7-4-8-15(17)12(14)2/h4,7-8,13,18H,3,5-6,9-11H2,1-2H3. The first-order valence-corrected chi connectivity index (χ1v) is 8.21. The lowest BCUT2D eigenvalue weighted by molar-refractivity contribution is 0.0648. The quantitative estimate of drug-likeness (QED) is 0.912. The third kappa shape index (κ3) is 3.41. The Labute approximate surface area is 129 Å². The number of carbonyl (C=O) groups excluding carboxylic acids is 1. The normalized spacial score (nSPS) is 18.9. The number of hydrogen-bond donors (Lipinski definition) is 1. The van der Waals surface area contributed by atoms with Gasteiger partial charge >= 0.3 is 0 Å². The van der Waals surface area contributed by atoms with Crippen molar-refractivity contribution in [2.75, 3.05) is 19.6 Å². The molecule has 0 aromatic heterocycles. The third-order valence-corrected chi connectivity index (χ3v) is 4.79. The Kier molecular flexibility index (Phi) is 5.61. The first-order valence-electron chi connectivity index (χ1n) is 7.42. The molecule has 0 bridgehead atoms. The fourth-order valence-electron chi connectivity index (χ4n) is 2.78. The van der Waals surface area contributed by atoms with E-state index in [2.05, 4.69) is 33.1 Å². The van der Waals surface area contributed by atoms with Crippen LogP contribution >= 0.6 is 15.9 Å². The summed E-state index contributed by atoms with van der Waals surface area (Å²) < 4.78 is 1.00. The van der Waals surface area contributed by atoms with Gasteiger partial charge in [-0.3, -0.25) is 4.79 Å². The van der Waals surface area contributed by atoms with Gasteiger partial charge in [0.25, 0.3) is 5.91 Å². The molecule has 0 spiro atoms. The Morgan fingerprint density at radius 2 is 2.30 bits per heavy atom. The van der Waals surface area contributed by atoms with Gasteiger partial charge in [0.15, 0.2) is 0 Å². The van der Waals surface area contributed by atoms with Crippen molar-refractivity contribution >= 4 is 21.8 Å². The van der Waals surface area contributed by atoms with Gasteiger partial charge in [0.1, 0.15) is 0 Å². The van der Waals surface area contributed by atoms with Crippen LogP contribution in [-0.2, 0) is 0 Å². The molecule has 1 amide bonds. The fourth-order valence-corrected chi connectivity index (χ4v) is 3.15. The minimum atomic E-state index is 0.166. The number of benzene rings is 1. The van der Waals surface area contributed by atoms with Crippen LogP contribution in [0.4, 0.5) is 0 Å². The number of halogens is 1. The Hall–Kier alpha value is -0.870. The Morgan fingerprint density at radius 1 is 1.50 bits per heavy atom. The maximum Gasteiger partial charge on any atom is 0.254 e. The lowest BCUT2D eigenvalue weighted by Gasteiger charge is -2.35. The van der Waals surface area contributed by atoms with Crippen molar-refractivity contribution in [1.82, 2.24) is 10.2 Å². The summed E-state index contributed by atoms with van der Waals surface area (Å²) in [7, 11) is 0. The summed E-state index contributed by atoms with van der Waals surface area (Å²) in [6.45, 7) is 6.95. The van der Waals surface area contributed by atoms with Crippen LogP contribution in [0.5, 0.6) is 0 Å². The molecule has 1 unspecified atom stereocenters. The Balaban J connectivity index is 2.23. The highest BCUT2D eigenvalue weighted by Gasteiger charge is 2.26. The Bertz CT molecular complexity index is 470. The maximum atomic E-state index is 12.9. The minimum Gasteiger partial charge on any atom is -0.334 e. The lowest BCUT2D eigenvalue weighted by Crippen LogP contribution is -2.49. The van der Waals surface area contributed by atoms with Crippen LogP contribution in [0.15, 0.2) is 22.7 Å². The van der Waals surface area contributed by atoms with Gasteiger partial charge < -0.3 is 10.2 Å². The van der Waals surface area contributed by atoms with Crippen LogP contribution in [0.25, 0.3) is 0 Å². The van der Waals surface area contributed by atoms with Gasteiger partial charge in [-0.05, 0) is 50.4 Å². The molecule has 20 heavy (non-hydrogen) atoms. The van der Waals surface area contributed by atoms with Crippen molar-refractivity contribution in [3.8, 4) is 0 Å². The molecule has 3 nitrogen and oxygen atoms in total. The zero-order chi connectivity index (χ0) is 14.5. The summed E-state index contributed by atoms with van der Waals surface area (Å²) >= 11 is 3.52. The van der Waals surface area contributed by atoms with Gasteiger partial charge in [-0.1, -0.05) is 28.9 Å². The molecule has 1 aliphatic heterocycles. The van der Waals surface area contributed by atoms with E-state index in [1.54, 1.807) is 0 Å². The van der Waals surface area contributed by atoms with E-state index in [0.29, 0.717) is 6.04 Å². The van der Waals surface area contributed by atoms with Gasteiger partial charge in [-0.15, -0.1) is 0 Å². The third-order valence-electron chi connectivity index (χ3n) is 3.94. The number of carbonyl (C=O) groups is 1. The average molecular weight is 339 g/mol. The van der Waals surface area contributed by atoms with Crippen molar-refractivity contribution in [3.05, 3.63) is 33.8 Å². The highest BCUT2D eigenvalue weighted by molar-refractivity contribution is 9.10. The van der Waals surface area contributed by atoms with Gasteiger partial charge in [0.2, 0.25) is 0 Å². The van der Waals surface area contributed by atoms with E-state index >= 15 is 0 Å². The monoisotopic (exact) mass is 338 g/mol. The first kappa shape index (κ1) is 15.5. The van der Waals surface area contributed by atoms with E-state index < -0.39 is 0 Å². The number of hydrogen-bond acceptors (Lipinski definition) is 2. The summed E-state index contributed by atoms with van der Waals surface area (Å²) in [4.78, 5) is 14.9. The second-order valence-corrected chi connectivity index (χ2v) is 6.27. The summed E-state index contributed by atoms with van der Waals surface area (Å²) in [5, 5.41) is 3.40. The van der Waals surface area contributed by atoms with Crippen LogP contribution in [0.2, 0.25) is 0 Å². The van der Waals surface area contributed by atoms with E-state index in [1.807, 2.05) is 25.1 Å². The van der Waals surface area contributed by atoms with Crippen LogP contribution in [-0.4, -0.2) is 36.5 Å². The summed E-state index contributed by atoms with van der Waals surface area (Å²) in [5.41, 5.74) is 1.85. The highest BCUT2D eigenvalue weighted by Crippen LogP contribution is 2.22. The fraction of sp³-hybridized carbons (Fsp3) is 0.562. The van der Waals surface area contributed by atoms with Gasteiger partial charge in [-0.25, -0.2) is 0 Å². The van der Waals surface area contributed by atoms with E-state index in [0.717, 1.165) is 54.5 Å². The number of rotatable bonds is 4. The molecular weight excluding hydrogens is 316 g/mol. The largest absolute Gasteiger partial charge is 0.334 e. The van der Waals surface area contributed by atoms with E-state index in [-0.39, 0.29) is 5.91 Å². The van der Waals surface area contributed by atoms with Crippen LogP contribution in [0.3, 0.4) is 0 Å². The number of amides is 1. The van der Waals surface area contributed by atoms with Gasteiger partial charge in [-0.2, -0.15) is 0 Å². The topological polar surface area (TPSA) is 32.3 Å². The number of piperidine rings is 1. The maximum absolute atomic E-state index is 12.9. The summed E-state index contributed by atoms with van der Waals surface area (Å²) in [6, 6.07) is 6.18. The molecule has 1 N–H and O–H groups in total. The minimum absolute atomic E-state index is 0.166. The predicted molar refractivity (Wildman–Crippen MR) is 86.1 cm³/mol. The van der Waals surface area contributed by atoms with Crippen LogP contribution in [0.1, 0.15) is 42.1 Å². The zero-order valence-electron chi connectivity index (χ0n) is 12.3. The highest BCUT2D eigenvalue weighted by atomic mass is 79.9. The molecule has 4 heteroatoms. The molecule has 2 rings (SSSR count). The number of nitrogens with one attached hydrogen (secondary N) is 1. The smallest absolute Gasteiger partial charge is 0.254 e. The SMILES string of the molecule is CCCN(C(=O)c1cccc(Br)c1C)C1CCCNC1. The van der Waals surface area contributed by atoms with Crippen molar-refractivity contribution < 1.29 is 4.79 Å². The van der Waals surface area contributed by atoms with Crippen molar-refractivity contribution in [1.29, 1.82) is 0 Å². The molecule has 1 aliphatic rings. The second kappa shape index (κ2) is 7.23. The van der Waals surface area contributed by atoms with E-state index in [4.69, 9.17) is 0 Å². The molecule has 1 saturated heterocycles. The van der Waals surface area contributed by atoms with E-state index in [1.165, 1.54) is 0 Å². The molecular formula is C16H23BrN2O. The lowest BCUT2D eigenvalue weighted by atomic mass is 10.0. The van der Waals surface area contributed by atoms with Crippen molar-refractivity contribution in [2.24, 2.45) is 0 Å². The molecule has 0 radical (unpaired) electrons. The molecule has 0 saturated carbocycles. The van der Waals surface area contributed by atoms with E-state index in [9.17, 15) is 4.79 Å². The molecule has 1 atom stereocenters. The van der Waals surface area contributed by atoms with Gasteiger partial charge in [0, 0.05) is 29.2 Å². The van der Waals surface area contributed by atoms with Crippen molar-refractivity contribution in [2.45, 2.75) is 39.2 Å². The molecule has 0 aliphatic carbocycles. The molecule has 1 fully saturated rings. The van der Waals surface area contributed by atoms with Crippen LogP contribution in [0, 0.1) is 6.92 Å². The number of nitrogens with zero attached hydrogens (tertiary/aromatic N) is 1. The molecule has 110 valence electrons. The summed E-state index contributed by atoms with van der Waals surface area (Å²) in [5.74, 6) is 0.166. The molecule has 1 aromatic carbocycles. The van der Waals surface area contributed by atoms with Gasteiger partial charge in [0.05, 0.1) is 0 Å². The van der Waals surface area contributed by atoms with Crippen molar-refractivity contribution in [3.63, 3.8) is 0 Å². The summed E-state index contributed by atoms with van der Waals surface area (Å²) in [6.07, 6.45) is 3.25. The molecule has 1 aromatic rings. The zero-order valence-corrected chi connectivity index (χ0v) is 13.9. The second-order valence-electron chi connectivity index (χ2n) is 5.41. The first-order chi connectivity index (χ1) is 9.65.